The van der Waals surface area contributed by atoms with Crippen molar-refractivity contribution in [2.75, 3.05) is 0 Å². The van der Waals surface area contributed by atoms with Crippen LogP contribution in [0, 0.1) is 21.7 Å². The third kappa shape index (κ3) is 3.35. The first-order valence-corrected chi connectivity index (χ1v) is 8.24. The highest BCUT2D eigenvalue weighted by molar-refractivity contribution is 6.18. The number of aliphatic imine (C=N–C) groups is 1. The minimum atomic E-state index is -0.500. The first-order chi connectivity index (χ1) is 13.5. The van der Waals surface area contributed by atoms with Crippen molar-refractivity contribution in [2.24, 2.45) is 10.1 Å². The molecule has 1 aliphatic heterocycles. The first kappa shape index (κ1) is 17.5. The largest absolute Gasteiger partial charge is 0.269 e. The number of halogens is 2. The lowest BCUT2D eigenvalue weighted by atomic mass is 10.0. The van der Waals surface area contributed by atoms with Gasteiger partial charge in [0.25, 0.3) is 5.69 Å². The fraction of sp³-hybridized carbons (Fsp3) is 0. The number of nitro benzene ring substituents is 1. The van der Waals surface area contributed by atoms with Crippen LogP contribution < -0.4 is 5.43 Å². The molecule has 0 aromatic heterocycles. The van der Waals surface area contributed by atoms with E-state index in [4.69, 9.17) is 0 Å². The molecule has 4 rings (SSSR count). The number of nitrogens with zero attached hydrogens (tertiary/aromatic N) is 3. The molecule has 0 amide bonds. The van der Waals surface area contributed by atoms with Crippen LogP contribution in [0.1, 0.15) is 16.7 Å². The summed E-state index contributed by atoms with van der Waals surface area (Å²) in [7, 11) is 0. The highest BCUT2D eigenvalue weighted by Gasteiger charge is 2.19. The van der Waals surface area contributed by atoms with Crippen LogP contribution >= 0.6 is 0 Å². The molecule has 0 spiro atoms. The van der Waals surface area contributed by atoms with E-state index in [1.54, 1.807) is 12.1 Å². The number of nitro groups is 1. The lowest BCUT2D eigenvalue weighted by Crippen LogP contribution is -2.19. The van der Waals surface area contributed by atoms with E-state index >= 15 is 0 Å². The van der Waals surface area contributed by atoms with Crippen LogP contribution in [0.4, 0.5) is 20.2 Å². The van der Waals surface area contributed by atoms with Gasteiger partial charge in [-0.25, -0.2) is 13.8 Å². The van der Waals surface area contributed by atoms with Gasteiger partial charge in [-0.15, -0.1) is 0 Å². The SMILES string of the molecule is O=[N+]([O-])c1ccc(C2=NNC(c3ccc(F)cc3)=Nc3ccc(F)cc32)cc1. The van der Waals surface area contributed by atoms with Gasteiger partial charge in [0, 0.05) is 28.8 Å². The van der Waals surface area contributed by atoms with Gasteiger partial charge in [-0.1, -0.05) is 0 Å². The molecule has 1 aliphatic rings. The molecule has 0 fully saturated rings. The predicted octanol–water partition coefficient (Wildman–Crippen LogP) is 4.31. The summed E-state index contributed by atoms with van der Waals surface area (Å²) in [6.07, 6.45) is 0. The van der Waals surface area contributed by atoms with E-state index in [0.717, 1.165) is 0 Å². The van der Waals surface area contributed by atoms with Crippen LogP contribution in [-0.2, 0) is 0 Å². The van der Waals surface area contributed by atoms with E-state index in [-0.39, 0.29) is 11.5 Å². The third-order valence-electron chi connectivity index (χ3n) is 4.19. The van der Waals surface area contributed by atoms with E-state index in [1.165, 1.54) is 54.6 Å². The second-order valence-electron chi connectivity index (χ2n) is 6.00. The molecular weight excluding hydrogens is 366 g/mol. The number of hydrazone groups is 1. The molecule has 0 saturated carbocycles. The van der Waals surface area contributed by atoms with Crippen molar-refractivity contribution in [2.45, 2.75) is 0 Å². The molecule has 0 atom stereocenters. The maximum atomic E-state index is 13.9. The average molecular weight is 378 g/mol. The highest BCUT2D eigenvalue weighted by atomic mass is 19.1. The van der Waals surface area contributed by atoms with E-state index < -0.39 is 10.7 Å². The summed E-state index contributed by atoms with van der Waals surface area (Å²) in [6.45, 7) is 0. The molecule has 6 nitrogen and oxygen atoms in total. The molecular formula is C20H12F2N4O2. The monoisotopic (exact) mass is 378 g/mol. The fourth-order valence-electron chi connectivity index (χ4n) is 2.81. The second-order valence-corrected chi connectivity index (χ2v) is 6.00. The van der Waals surface area contributed by atoms with Gasteiger partial charge in [0.1, 0.15) is 17.3 Å². The Balaban J connectivity index is 1.82. The lowest BCUT2D eigenvalue weighted by molar-refractivity contribution is -0.384. The number of hydrogen-bond acceptors (Lipinski definition) is 5. The number of amidine groups is 1. The summed E-state index contributed by atoms with van der Waals surface area (Å²) in [5.41, 5.74) is 5.20. The Morgan fingerprint density at radius 1 is 0.857 bits per heavy atom. The number of benzene rings is 3. The zero-order valence-corrected chi connectivity index (χ0v) is 14.3. The Bertz CT molecular complexity index is 1120. The van der Waals surface area contributed by atoms with Gasteiger partial charge in [0.15, 0.2) is 5.84 Å². The normalized spacial score (nSPS) is 12.9. The van der Waals surface area contributed by atoms with Crippen molar-refractivity contribution in [3.63, 3.8) is 0 Å². The van der Waals surface area contributed by atoms with Crippen LogP contribution in [0.5, 0.6) is 0 Å². The van der Waals surface area contributed by atoms with Crippen molar-refractivity contribution in [1.29, 1.82) is 0 Å². The topological polar surface area (TPSA) is 79.9 Å². The minimum Gasteiger partial charge on any atom is -0.260 e. The van der Waals surface area contributed by atoms with Crippen LogP contribution in [0.3, 0.4) is 0 Å². The molecule has 1 heterocycles. The van der Waals surface area contributed by atoms with Gasteiger partial charge < -0.3 is 0 Å². The van der Waals surface area contributed by atoms with Gasteiger partial charge in [0.05, 0.1) is 10.6 Å². The molecule has 0 aliphatic carbocycles. The summed E-state index contributed by atoms with van der Waals surface area (Å²) < 4.78 is 27.1. The van der Waals surface area contributed by atoms with E-state index in [0.29, 0.717) is 33.9 Å². The van der Waals surface area contributed by atoms with Crippen molar-refractivity contribution >= 4 is 22.9 Å². The molecule has 8 heteroatoms. The number of hydrogen-bond donors (Lipinski definition) is 1. The zero-order chi connectivity index (χ0) is 19.7. The fourth-order valence-corrected chi connectivity index (χ4v) is 2.81. The quantitative estimate of drug-likeness (QED) is 0.545. The maximum Gasteiger partial charge on any atom is 0.269 e. The highest BCUT2D eigenvalue weighted by Crippen LogP contribution is 2.27. The molecule has 3 aromatic carbocycles. The van der Waals surface area contributed by atoms with Gasteiger partial charge in [-0.2, -0.15) is 5.10 Å². The standard InChI is InChI=1S/C20H12F2N4O2/c21-14-5-1-13(2-6-14)20-23-18-10-7-15(22)11-17(18)19(24-25-20)12-3-8-16(9-4-12)26(27)28/h1-11H,(H,23,25). The Morgan fingerprint density at radius 2 is 1.50 bits per heavy atom. The summed E-state index contributed by atoms with van der Waals surface area (Å²) in [4.78, 5) is 14.9. The van der Waals surface area contributed by atoms with E-state index in [2.05, 4.69) is 15.5 Å². The maximum absolute atomic E-state index is 13.9. The van der Waals surface area contributed by atoms with E-state index in [1.807, 2.05) is 0 Å². The molecule has 1 N–H and O–H groups in total. The van der Waals surface area contributed by atoms with Crippen LogP contribution in [0.15, 0.2) is 76.8 Å². The van der Waals surface area contributed by atoms with Crippen LogP contribution in [-0.4, -0.2) is 16.5 Å². The summed E-state index contributed by atoms with van der Waals surface area (Å²) in [5, 5.41) is 15.2. The zero-order valence-electron chi connectivity index (χ0n) is 14.3. The van der Waals surface area contributed by atoms with Crippen molar-refractivity contribution in [3.8, 4) is 0 Å². The minimum absolute atomic E-state index is 0.0614. The Labute approximate surface area is 158 Å². The molecule has 3 aromatic rings. The smallest absolute Gasteiger partial charge is 0.260 e. The Kier molecular flexibility index (Phi) is 4.36. The van der Waals surface area contributed by atoms with Crippen molar-refractivity contribution < 1.29 is 13.7 Å². The van der Waals surface area contributed by atoms with Crippen LogP contribution in [0.25, 0.3) is 0 Å². The average Bonchev–Trinajstić information content (AvgIpc) is 2.88. The van der Waals surface area contributed by atoms with Crippen LogP contribution in [0.2, 0.25) is 0 Å². The second kappa shape index (κ2) is 6.99. The first-order valence-electron chi connectivity index (χ1n) is 8.24. The molecule has 0 bridgehead atoms. The summed E-state index contributed by atoms with van der Waals surface area (Å²) in [5.74, 6) is -0.478. The number of fused-ring (bicyclic) bond motifs is 1. The van der Waals surface area contributed by atoms with Gasteiger partial charge in [-0.3, -0.25) is 15.5 Å². The van der Waals surface area contributed by atoms with Gasteiger partial charge in [-0.05, 0) is 54.6 Å². The predicted molar refractivity (Wildman–Crippen MR) is 101 cm³/mol. The molecule has 0 radical (unpaired) electrons. The van der Waals surface area contributed by atoms with Crippen molar-refractivity contribution in [1.82, 2.24) is 5.43 Å². The van der Waals surface area contributed by atoms with Gasteiger partial charge >= 0.3 is 0 Å². The molecule has 0 saturated heterocycles. The third-order valence-corrected chi connectivity index (χ3v) is 4.19. The van der Waals surface area contributed by atoms with Gasteiger partial charge in [0.2, 0.25) is 0 Å². The summed E-state index contributed by atoms with van der Waals surface area (Å²) in [6, 6.07) is 15.6. The molecule has 0 unspecified atom stereocenters. The van der Waals surface area contributed by atoms with E-state index in [9.17, 15) is 18.9 Å². The Morgan fingerprint density at radius 3 is 2.18 bits per heavy atom. The molecule has 28 heavy (non-hydrogen) atoms. The molecule has 138 valence electrons. The summed E-state index contributed by atoms with van der Waals surface area (Å²) >= 11 is 0. The lowest BCUT2D eigenvalue weighted by Gasteiger charge is -2.07. The van der Waals surface area contributed by atoms with Crippen molar-refractivity contribution in [3.05, 3.63) is 105 Å². The number of non-ortho nitro benzene ring substituents is 1. The Hall–Kier alpha value is -3.94. The number of nitrogens with one attached hydrogen (secondary N) is 1. The number of rotatable bonds is 3.